The molecule has 20 heavy (non-hydrogen) atoms. The van der Waals surface area contributed by atoms with Crippen LogP contribution in [0.15, 0.2) is 12.3 Å². The molecule has 0 bridgehead atoms. The van der Waals surface area contributed by atoms with E-state index in [0.717, 1.165) is 30.9 Å². The maximum atomic E-state index is 13.5. The molecule has 1 fully saturated rings. The largest absolute Gasteiger partial charge is 0.353 e. The molecule has 2 unspecified atom stereocenters. The minimum atomic E-state index is -0.250. The average Bonchev–Trinajstić information content (AvgIpc) is 2.43. The van der Waals surface area contributed by atoms with Crippen LogP contribution >= 0.6 is 0 Å². The standard InChI is InChI=1S/C16H26FN3/c1-4-7-18-10-14-9-15(17)11-19-16(14)20-8-5-6-12(2)13(20)3/h9,11-13,18H,4-8,10H2,1-3H3. The van der Waals surface area contributed by atoms with Crippen molar-refractivity contribution >= 4 is 5.82 Å². The number of aromatic nitrogens is 1. The molecule has 1 aromatic rings. The summed E-state index contributed by atoms with van der Waals surface area (Å²) in [5.74, 6) is 1.36. The normalized spacial score (nSPS) is 23.1. The Morgan fingerprint density at radius 3 is 3.00 bits per heavy atom. The fourth-order valence-corrected chi connectivity index (χ4v) is 2.90. The quantitative estimate of drug-likeness (QED) is 0.838. The maximum absolute atomic E-state index is 13.5. The van der Waals surface area contributed by atoms with Gasteiger partial charge in [-0.2, -0.15) is 0 Å². The van der Waals surface area contributed by atoms with Crippen molar-refractivity contribution in [1.29, 1.82) is 0 Å². The SMILES string of the molecule is CCCNCc1cc(F)cnc1N1CCCC(C)C1C. The topological polar surface area (TPSA) is 28.2 Å². The second-order valence-corrected chi connectivity index (χ2v) is 5.87. The number of hydrogen-bond acceptors (Lipinski definition) is 3. The zero-order chi connectivity index (χ0) is 14.5. The lowest BCUT2D eigenvalue weighted by atomic mass is 9.92. The van der Waals surface area contributed by atoms with Crippen LogP contribution in [-0.2, 0) is 6.54 Å². The molecule has 2 heterocycles. The van der Waals surface area contributed by atoms with E-state index in [-0.39, 0.29) is 5.82 Å². The van der Waals surface area contributed by atoms with Crippen LogP contribution in [0.25, 0.3) is 0 Å². The summed E-state index contributed by atoms with van der Waals surface area (Å²) in [5.41, 5.74) is 0.972. The number of halogens is 1. The highest BCUT2D eigenvalue weighted by Gasteiger charge is 2.27. The fraction of sp³-hybridized carbons (Fsp3) is 0.688. The highest BCUT2D eigenvalue weighted by molar-refractivity contribution is 5.48. The lowest BCUT2D eigenvalue weighted by Gasteiger charge is -2.39. The van der Waals surface area contributed by atoms with Crippen LogP contribution in [0.5, 0.6) is 0 Å². The summed E-state index contributed by atoms with van der Waals surface area (Å²) in [4.78, 5) is 6.72. The monoisotopic (exact) mass is 279 g/mol. The van der Waals surface area contributed by atoms with E-state index in [0.29, 0.717) is 18.5 Å². The molecule has 0 saturated carbocycles. The Bertz CT molecular complexity index is 436. The molecular weight excluding hydrogens is 253 g/mol. The van der Waals surface area contributed by atoms with Gasteiger partial charge in [-0.15, -0.1) is 0 Å². The van der Waals surface area contributed by atoms with Crippen LogP contribution in [-0.4, -0.2) is 24.1 Å². The molecule has 0 amide bonds. The molecule has 3 nitrogen and oxygen atoms in total. The smallest absolute Gasteiger partial charge is 0.141 e. The van der Waals surface area contributed by atoms with Crippen LogP contribution in [0.3, 0.4) is 0 Å². The van der Waals surface area contributed by atoms with E-state index in [1.54, 1.807) is 6.07 Å². The molecule has 2 rings (SSSR count). The van der Waals surface area contributed by atoms with Gasteiger partial charge in [0, 0.05) is 24.7 Å². The molecule has 112 valence electrons. The first kappa shape index (κ1) is 15.2. The van der Waals surface area contributed by atoms with Gasteiger partial charge in [0.05, 0.1) is 6.20 Å². The van der Waals surface area contributed by atoms with E-state index < -0.39 is 0 Å². The number of pyridine rings is 1. The maximum Gasteiger partial charge on any atom is 0.141 e. The number of piperidine rings is 1. The minimum Gasteiger partial charge on any atom is -0.353 e. The van der Waals surface area contributed by atoms with Crippen LogP contribution in [0.2, 0.25) is 0 Å². The fourth-order valence-electron chi connectivity index (χ4n) is 2.90. The molecular formula is C16H26FN3. The summed E-state index contributed by atoms with van der Waals surface area (Å²) in [6.07, 6.45) is 4.87. The van der Waals surface area contributed by atoms with E-state index in [1.807, 2.05) is 0 Å². The predicted octanol–water partition coefficient (Wildman–Crippen LogP) is 3.35. The highest BCUT2D eigenvalue weighted by Crippen LogP contribution is 2.29. The zero-order valence-electron chi connectivity index (χ0n) is 12.8. The van der Waals surface area contributed by atoms with Crippen LogP contribution in [0.1, 0.15) is 45.6 Å². The molecule has 1 aliphatic rings. The third-order valence-corrected chi connectivity index (χ3v) is 4.30. The van der Waals surface area contributed by atoms with Crippen molar-refractivity contribution in [3.8, 4) is 0 Å². The minimum absolute atomic E-state index is 0.250. The lowest BCUT2D eigenvalue weighted by Crippen LogP contribution is -2.43. The van der Waals surface area contributed by atoms with Gasteiger partial charge in [-0.1, -0.05) is 13.8 Å². The molecule has 0 radical (unpaired) electrons. The van der Waals surface area contributed by atoms with Gasteiger partial charge in [0.1, 0.15) is 11.6 Å². The lowest BCUT2D eigenvalue weighted by molar-refractivity contribution is 0.360. The zero-order valence-corrected chi connectivity index (χ0v) is 12.8. The Balaban J connectivity index is 2.20. The van der Waals surface area contributed by atoms with Gasteiger partial charge in [-0.25, -0.2) is 9.37 Å². The third-order valence-electron chi connectivity index (χ3n) is 4.30. The first-order valence-corrected chi connectivity index (χ1v) is 7.75. The van der Waals surface area contributed by atoms with Gasteiger partial charge in [-0.05, 0) is 44.7 Å². The van der Waals surface area contributed by atoms with Crippen molar-refractivity contribution in [2.75, 3.05) is 18.0 Å². The number of nitrogens with one attached hydrogen (secondary N) is 1. The van der Waals surface area contributed by atoms with Gasteiger partial charge in [-0.3, -0.25) is 0 Å². The first-order chi connectivity index (χ1) is 9.63. The van der Waals surface area contributed by atoms with Crippen molar-refractivity contribution in [1.82, 2.24) is 10.3 Å². The molecule has 1 N–H and O–H groups in total. The number of hydrogen-bond donors (Lipinski definition) is 1. The van der Waals surface area contributed by atoms with E-state index in [4.69, 9.17) is 0 Å². The Hall–Kier alpha value is -1.16. The number of anilines is 1. The molecule has 1 saturated heterocycles. The van der Waals surface area contributed by atoms with Gasteiger partial charge in [0.15, 0.2) is 0 Å². The third kappa shape index (κ3) is 3.48. The predicted molar refractivity (Wildman–Crippen MR) is 81.4 cm³/mol. The summed E-state index contributed by atoms with van der Waals surface area (Å²) in [6, 6.07) is 2.09. The average molecular weight is 279 g/mol. The molecule has 1 aromatic heterocycles. The summed E-state index contributed by atoms with van der Waals surface area (Å²) in [6.45, 7) is 9.32. The molecule has 0 aliphatic carbocycles. The first-order valence-electron chi connectivity index (χ1n) is 7.75. The Kier molecular flexibility index (Phi) is 5.35. The summed E-state index contributed by atoms with van der Waals surface area (Å²) < 4.78 is 13.5. The van der Waals surface area contributed by atoms with Gasteiger partial charge < -0.3 is 10.2 Å². The van der Waals surface area contributed by atoms with Crippen molar-refractivity contribution in [3.63, 3.8) is 0 Å². The Morgan fingerprint density at radius 2 is 2.25 bits per heavy atom. The molecule has 2 atom stereocenters. The summed E-state index contributed by atoms with van der Waals surface area (Å²) in [5, 5.41) is 3.35. The van der Waals surface area contributed by atoms with Crippen molar-refractivity contribution in [2.45, 2.75) is 52.6 Å². The van der Waals surface area contributed by atoms with Crippen molar-refractivity contribution in [3.05, 3.63) is 23.6 Å². The van der Waals surface area contributed by atoms with Gasteiger partial charge in [0.25, 0.3) is 0 Å². The number of nitrogens with zero attached hydrogens (tertiary/aromatic N) is 2. The summed E-state index contributed by atoms with van der Waals surface area (Å²) in [7, 11) is 0. The van der Waals surface area contributed by atoms with Gasteiger partial charge in [0.2, 0.25) is 0 Å². The second-order valence-electron chi connectivity index (χ2n) is 5.87. The van der Waals surface area contributed by atoms with Crippen molar-refractivity contribution in [2.24, 2.45) is 5.92 Å². The van der Waals surface area contributed by atoms with E-state index in [9.17, 15) is 4.39 Å². The molecule has 0 spiro atoms. The van der Waals surface area contributed by atoms with Crippen molar-refractivity contribution < 1.29 is 4.39 Å². The van der Waals surface area contributed by atoms with Crippen LogP contribution in [0.4, 0.5) is 10.2 Å². The van der Waals surface area contributed by atoms with E-state index in [2.05, 4.69) is 36.0 Å². The highest BCUT2D eigenvalue weighted by atomic mass is 19.1. The van der Waals surface area contributed by atoms with Crippen LogP contribution < -0.4 is 10.2 Å². The Labute approximate surface area is 121 Å². The van der Waals surface area contributed by atoms with Gasteiger partial charge >= 0.3 is 0 Å². The van der Waals surface area contributed by atoms with E-state index >= 15 is 0 Å². The van der Waals surface area contributed by atoms with Crippen LogP contribution in [0, 0.1) is 11.7 Å². The molecule has 1 aliphatic heterocycles. The molecule has 4 heteroatoms. The number of rotatable bonds is 5. The molecule has 0 aromatic carbocycles. The Morgan fingerprint density at radius 1 is 1.45 bits per heavy atom. The summed E-state index contributed by atoms with van der Waals surface area (Å²) >= 11 is 0. The van der Waals surface area contributed by atoms with E-state index in [1.165, 1.54) is 19.0 Å². The second kappa shape index (κ2) is 7.02.